The molecule has 1 aromatic carbocycles. The highest BCUT2D eigenvalue weighted by Crippen LogP contribution is 2.31. The zero-order chi connectivity index (χ0) is 17.0. The van der Waals surface area contributed by atoms with Crippen molar-refractivity contribution in [3.63, 3.8) is 0 Å². The fourth-order valence-electron chi connectivity index (χ4n) is 2.85. The summed E-state index contributed by atoms with van der Waals surface area (Å²) in [5.41, 5.74) is 0.981. The number of para-hydroxylation sites is 1. The summed E-state index contributed by atoms with van der Waals surface area (Å²) >= 11 is 0. The normalized spacial score (nSPS) is 18.6. The molecule has 0 bridgehead atoms. The van der Waals surface area contributed by atoms with Crippen molar-refractivity contribution in [3.8, 4) is 5.75 Å². The Kier molecular flexibility index (Phi) is 5.29. The Morgan fingerprint density at radius 1 is 1.30 bits per heavy atom. The van der Waals surface area contributed by atoms with Gasteiger partial charge in [0, 0.05) is 13.1 Å². The summed E-state index contributed by atoms with van der Waals surface area (Å²) in [5.74, 6) is -0.740. The highest BCUT2D eigenvalue weighted by Gasteiger charge is 2.28. The van der Waals surface area contributed by atoms with E-state index in [1.54, 1.807) is 4.90 Å². The van der Waals surface area contributed by atoms with E-state index >= 15 is 0 Å². The van der Waals surface area contributed by atoms with Crippen LogP contribution < -0.4 is 4.74 Å². The average molecular weight is 319 g/mol. The quantitative estimate of drug-likeness (QED) is 0.926. The molecule has 126 valence electrons. The van der Waals surface area contributed by atoms with Crippen molar-refractivity contribution in [1.82, 2.24) is 4.90 Å². The number of piperidine rings is 1. The topological polar surface area (TPSA) is 66.8 Å². The summed E-state index contributed by atoms with van der Waals surface area (Å²) in [5, 5.41) is 9.10. The van der Waals surface area contributed by atoms with E-state index in [1.165, 1.54) is 0 Å². The monoisotopic (exact) mass is 319 g/mol. The minimum atomic E-state index is -0.832. The molecule has 1 fully saturated rings. The fraction of sp³-hybridized carbons (Fsp3) is 0.556. The lowest BCUT2D eigenvalue weighted by molar-refractivity contribution is -0.146. The molecule has 1 aliphatic heterocycles. The molecule has 1 heterocycles. The molecule has 1 aromatic rings. The minimum Gasteiger partial charge on any atom is -0.483 e. The van der Waals surface area contributed by atoms with Crippen molar-refractivity contribution in [1.29, 1.82) is 0 Å². The summed E-state index contributed by atoms with van der Waals surface area (Å²) in [6.07, 6.45) is 1.36. The molecule has 0 spiro atoms. The van der Waals surface area contributed by atoms with E-state index in [0.29, 0.717) is 18.7 Å². The molecule has 2 rings (SSSR count). The lowest BCUT2D eigenvalue weighted by atomic mass is 9.86. The molecule has 1 N–H and O–H groups in total. The molecule has 1 saturated heterocycles. The zero-order valence-corrected chi connectivity index (χ0v) is 14.0. The number of ether oxygens (including phenoxy) is 1. The molecule has 0 aliphatic carbocycles. The first-order valence-corrected chi connectivity index (χ1v) is 8.02. The Bertz CT molecular complexity index is 577. The van der Waals surface area contributed by atoms with E-state index in [1.807, 2.05) is 24.3 Å². The highest BCUT2D eigenvalue weighted by molar-refractivity contribution is 5.79. The number of carboxylic acid groups (broad SMARTS) is 1. The molecule has 5 heteroatoms. The number of benzene rings is 1. The van der Waals surface area contributed by atoms with Gasteiger partial charge in [0.2, 0.25) is 0 Å². The first-order valence-electron chi connectivity index (χ1n) is 8.02. The summed E-state index contributed by atoms with van der Waals surface area (Å²) in [6.45, 7) is 7.11. The van der Waals surface area contributed by atoms with Crippen molar-refractivity contribution < 1.29 is 19.4 Å². The van der Waals surface area contributed by atoms with Gasteiger partial charge in [-0.15, -0.1) is 0 Å². The average Bonchev–Trinajstić information content (AvgIpc) is 2.52. The van der Waals surface area contributed by atoms with Crippen LogP contribution in [0.15, 0.2) is 24.3 Å². The summed E-state index contributed by atoms with van der Waals surface area (Å²) in [7, 11) is 0. The van der Waals surface area contributed by atoms with Crippen LogP contribution in [-0.2, 0) is 15.0 Å². The number of aliphatic carboxylic acids is 1. The number of carbonyl (C=O) groups excluding carboxylic acids is 1. The van der Waals surface area contributed by atoms with E-state index < -0.39 is 11.9 Å². The van der Waals surface area contributed by atoms with Gasteiger partial charge in [0.05, 0.1) is 5.92 Å². The third-order valence-corrected chi connectivity index (χ3v) is 4.17. The van der Waals surface area contributed by atoms with Gasteiger partial charge < -0.3 is 14.7 Å². The van der Waals surface area contributed by atoms with Gasteiger partial charge in [-0.25, -0.2) is 0 Å². The third-order valence-electron chi connectivity index (χ3n) is 4.17. The molecular formula is C18H25NO4. The SMILES string of the molecule is CC(C)(C)c1ccccc1OCC(=O)N1CCC[C@H](C(=O)O)C1. The summed E-state index contributed by atoms with van der Waals surface area (Å²) < 4.78 is 5.74. The van der Waals surface area contributed by atoms with Gasteiger partial charge in [0.15, 0.2) is 6.61 Å². The first-order chi connectivity index (χ1) is 10.8. The number of amides is 1. The fourth-order valence-corrected chi connectivity index (χ4v) is 2.85. The number of hydrogen-bond acceptors (Lipinski definition) is 3. The first kappa shape index (κ1) is 17.3. The van der Waals surface area contributed by atoms with Crippen LogP contribution in [0.2, 0.25) is 0 Å². The number of nitrogens with zero attached hydrogens (tertiary/aromatic N) is 1. The molecule has 1 atom stereocenters. The van der Waals surface area contributed by atoms with Crippen LogP contribution in [-0.4, -0.2) is 41.6 Å². The molecule has 0 radical (unpaired) electrons. The van der Waals surface area contributed by atoms with Gasteiger partial charge in [0.1, 0.15) is 5.75 Å². The second-order valence-corrected chi connectivity index (χ2v) is 7.05. The summed E-state index contributed by atoms with van der Waals surface area (Å²) in [4.78, 5) is 25.0. The molecule has 23 heavy (non-hydrogen) atoms. The van der Waals surface area contributed by atoms with Crippen molar-refractivity contribution in [2.75, 3.05) is 19.7 Å². The minimum absolute atomic E-state index is 0.0561. The van der Waals surface area contributed by atoms with Crippen molar-refractivity contribution >= 4 is 11.9 Å². The lowest BCUT2D eigenvalue weighted by Gasteiger charge is -2.31. The Morgan fingerprint density at radius 2 is 2.00 bits per heavy atom. The Balaban J connectivity index is 1.99. The van der Waals surface area contributed by atoms with Crippen molar-refractivity contribution in [3.05, 3.63) is 29.8 Å². The predicted molar refractivity (Wildman–Crippen MR) is 87.6 cm³/mol. The second-order valence-electron chi connectivity index (χ2n) is 7.05. The van der Waals surface area contributed by atoms with Crippen LogP contribution in [0.25, 0.3) is 0 Å². The van der Waals surface area contributed by atoms with Gasteiger partial charge in [-0.05, 0) is 29.9 Å². The van der Waals surface area contributed by atoms with E-state index in [4.69, 9.17) is 9.84 Å². The number of likely N-dealkylation sites (tertiary alicyclic amines) is 1. The zero-order valence-electron chi connectivity index (χ0n) is 14.0. The van der Waals surface area contributed by atoms with Crippen molar-refractivity contribution in [2.24, 2.45) is 5.92 Å². The van der Waals surface area contributed by atoms with E-state index in [0.717, 1.165) is 12.0 Å². The van der Waals surface area contributed by atoms with Crippen LogP contribution >= 0.6 is 0 Å². The van der Waals surface area contributed by atoms with Gasteiger partial charge in [-0.1, -0.05) is 39.0 Å². The molecule has 0 unspecified atom stereocenters. The van der Waals surface area contributed by atoms with Crippen LogP contribution in [0.4, 0.5) is 0 Å². The Labute approximate surface area is 137 Å². The highest BCUT2D eigenvalue weighted by atomic mass is 16.5. The standard InChI is InChI=1S/C18H25NO4/c1-18(2,3)14-8-4-5-9-15(14)23-12-16(20)19-10-6-7-13(11-19)17(21)22/h4-5,8-9,13H,6-7,10-12H2,1-3H3,(H,21,22)/t13-/m0/s1. The van der Waals surface area contributed by atoms with E-state index in [2.05, 4.69) is 20.8 Å². The lowest BCUT2D eigenvalue weighted by Crippen LogP contribution is -2.44. The summed E-state index contributed by atoms with van der Waals surface area (Å²) in [6, 6.07) is 7.71. The third kappa shape index (κ3) is 4.47. The predicted octanol–water partition coefficient (Wildman–Crippen LogP) is 2.69. The molecule has 1 amide bonds. The molecule has 5 nitrogen and oxygen atoms in total. The number of rotatable bonds is 4. The van der Waals surface area contributed by atoms with Gasteiger partial charge in [0.25, 0.3) is 5.91 Å². The molecule has 1 aliphatic rings. The van der Waals surface area contributed by atoms with Crippen molar-refractivity contribution in [2.45, 2.75) is 39.0 Å². The Hall–Kier alpha value is -2.04. The largest absolute Gasteiger partial charge is 0.483 e. The van der Waals surface area contributed by atoms with Crippen LogP contribution in [0.1, 0.15) is 39.2 Å². The van der Waals surface area contributed by atoms with E-state index in [-0.39, 0.29) is 24.5 Å². The molecule has 0 aromatic heterocycles. The van der Waals surface area contributed by atoms with Crippen LogP contribution in [0, 0.1) is 5.92 Å². The second kappa shape index (κ2) is 7.02. The number of carboxylic acids is 1. The molecular weight excluding hydrogens is 294 g/mol. The van der Waals surface area contributed by atoms with Crippen LogP contribution in [0.5, 0.6) is 5.75 Å². The smallest absolute Gasteiger partial charge is 0.308 e. The van der Waals surface area contributed by atoms with Gasteiger partial charge in [-0.2, -0.15) is 0 Å². The van der Waals surface area contributed by atoms with E-state index in [9.17, 15) is 9.59 Å². The maximum atomic E-state index is 12.3. The Morgan fingerprint density at radius 3 is 2.65 bits per heavy atom. The number of carbonyl (C=O) groups is 2. The van der Waals surface area contributed by atoms with Gasteiger partial charge in [-0.3, -0.25) is 9.59 Å². The number of hydrogen-bond donors (Lipinski definition) is 1. The van der Waals surface area contributed by atoms with Gasteiger partial charge >= 0.3 is 5.97 Å². The molecule has 0 saturated carbocycles. The maximum absolute atomic E-state index is 12.3. The maximum Gasteiger partial charge on any atom is 0.308 e. The van der Waals surface area contributed by atoms with Crippen LogP contribution in [0.3, 0.4) is 0 Å².